The molecule has 0 aromatic heterocycles. The largest absolute Gasteiger partial charge is 0.492 e. The van der Waals surface area contributed by atoms with Gasteiger partial charge >= 0.3 is 0 Å². The third kappa shape index (κ3) is 3.02. The van der Waals surface area contributed by atoms with Crippen molar-refractivity contribution >= 4 is 11.6 Å². The van der Waals surface area contributed by atoms with Gasteiger partial charge in [-0.05, 0) is 54.4 Å². The third-order valence-corrected chi connectivity index (χ3v) is 6.90. The second-order valence-electron chi connectivity index (χ2n) is 8.93. The first-order valence-electron chi connectivity index (χ1n) is 9.47. The summed E-state index contributed by atoms with van der Waals surface area (Å²) in [6.07, 6.45) is 10.8. The topological polar surface area (TPSA) is 43.4 Å². The molecule has 0 spiro atoms. The molecule has 3 aliphatic carbocycles. The number of hydrogen-bond acceptors (Lipinski definition) is 3. The first kappa shape index (κ1) is 18.2. The van der Waals surface area contributed by atoms with E-state index in [4.69, 9.17) is 4.74 Å². The summed E-state index contributed by atoms with van der Waals surface area (Å²) in [6.45, 7) is 9.42. The summed E-state index contributed by atoms with van der Waals surface area (Å²) in [4.78, 5) is 24.6. The molecule has 0 bridgehead atoms. The van der Waals surface area contributed by atoms with Crippen molar-refractivity contribution < 1.29 is 14.3 Å². The summed E-state index contributed by atoms with van der Waals surface area (Å²) in [5, 5.41) is 0. The van der Waals surface area contributed by atoms with Crippen LogP contribution in [-0.2, 0) is 14.3 Å². The van der Waals surface area contributed by atoms with E-state index in [9.17, 15) is 9.59 Å². The fourth-order valence-corrected chi connectivity index (χ4v) is 5.64. The maximum atomic E-state index is 12.6. The number of methoxy groups -OCH3 is 1. The molecule has 0 aliphatic heterocycles. The van der Waals surface area contributed by atoms with Crippen LogP contribution in [0.4, 0.5) is 0 Å². The minimum Gasteiger partial charge on any atom is -0.492 e. The van der Waals surface area contributed by atoms with Gasteiger partial charge in [-0.15, -0.1) is 0 Å². The van der Waals surface area contributed by atoms with Crippen LogP contribution < -0.4 is 0 Å². The molecule has 0 N–H and O–H groups in total. The smallest absolute Gasteiger partial charge is 0.227 e. The van der Waals surface area contributed by atoms with Crippen LogP contribution in [0.5, 0.6) is 0 Å². The van der Waals surface area contributed by atoms with Crippen LogP contribution in [0.25, 0.3) is 0 Å². The van der Waals surface area contributed by atoms with E-state index >= 15 is 0 Å². The van der Waals surface area contributed by atoms with Crippen LogP contribution in [0.3, 0.4) is 0 Å². The molecule has 3 rings (SSSR count). The lowest BCUT2D eigenvalue weighted by atomic mass is 9.48. The highest BCUT2D eigenvalue weighted by atomic mass is 16.5. The molecule has 2 fully saturated rings. The molecule has 3 heteroatoms. The molecule has 25 heavy (non-hydrogen) atoms. The first-order chi connectivity index (χ1) is 11.7. The number of fused-ring (bicyclic) bond motifs is 1. The van der Waals surface area contributed by atoms with Crippen molar-refractivity contribution in [3.63, 3.8) is 0 Å². The van der Waals surface area contributed by atoms with Gasteiger partial charge < -0.3 is 4.74 Å². The SMILES string of the molecule is COC1=CC(=O)C=C(/C=C2\[C@@H](C)CCC3C(C)(C)CCC[C@]23C)C1=O. The molecule has 2 saturated carbocycles. The number of hydrogen-bond donors (Lipinski definition) is 0. The van der Waals surface area contributed by atoms with Gasteiger partial charge in [0.15, 0.2) is 11.5 Å². The van der Waals surface area contributed by atoms with Gasteiger partial charge in [-0.25, -0.2) is 0 Å². The van der Waals surface area contributed by atoms with E-state index in [-0.39, 0.29) is 22.7 Å². The maximum Gasteiger partial charge on any atom is 0.227 e. The predicted molar refractivity (Wildman–Crippen MR) is 98.9 cm³/mol. The molecule has 3 aliphatic rings. The molecule has 0 amide bonds. The van der Waals surface area contributed by atoms with Crippen molar-refractivity contribution in [1.82, 2.24) is 0 Å². The van der Waals surface area contributed by atoms with Crippen LogP contribution in [0, 0.1) is 22.7 Å². The Hall–Kier alpha value is -1.64. The van der Waals surface area contributed by atoms with Crippen molar-refractivity contribution in [2.75, 3.05) is 7.11 Å². The zero-order chi connectivity index (χ0) is 18.4. The monoisotopic (exact) mass is 342 g/mol. The normalized spacial score (nSPS) is 36.6. The average Bonchev–Trinajstić information content (AvgIpc) is 2.52. The van der Waals surface area contributed by atoms with Gasteiger partial charge in [0, 0.05) is 11.6 Å². The molecule has 0 saturated heterocycles. The quantitative estimate of drug-likeness (QED) is 0.678. The second-order valence-corrected chi connectivity index (χ2v) is 8.93. The fraction of sp³-hybridized carbons (Fsp3) is 0.636. The van der Waals surface area contributed by atoms with E-state index in [1.807, 2.05) is 6.08 Å². The highest BCUT2D eigenvalue weighted by Gasteiger charge is 2.51. The molecule has 0 heterocycles. The van der Waals surface area contributed by atoms with E-state index < -0.39 is 0 Å². The van der Waals surface area contributed by atoms with Crippen molar-refractivity contribution in [1.29, 1.82) is 0 Å². The number of ketones is 2. The summed E-state index contributed by atoms with van der Waals surface area (Å²) < 4.78 is 5.11. The Balaban J connectivity index is 2.03. The first-order valence-corrected chi connectivity index (χ1v) is 9.47. The maximum absolute atomic E-state index is 12.6. The molecule has 0 radical (unpaired) electrons. The fourth-order valence-electron chi connectivity index (χ4n) is 5.64. The number of allylic oxidation sites excluding steroid dienone is 5. The van der Waals surface area contributed by atoms with Gasteiger partial charge in [0.1, 0.15) is 0 Å². The summed E-state index contributed by atoms with van der Waals surface area (Å²) in [5.41, 5.74) is 2.26. The van der Waals surface area contributed by atoms with Crippen LogP contribution in [0.2, 0.25) is 0 Å². The molecule has 1 unspecified atom stereocenters. The number of Topliss-reactive ketones (excluding diaryl/α,β-unsaturated/α-hetero) is 1. The Morgan fingerprint density at radius 2 is 1.84 bits per heavy atom. The molecule has 0 aromatic carbocycles. The lowest BCUT2D eigenvalue weighted by Gasteiger charge is -2.56. The van der Waals surface area contributed by atoms with Crippen LogP contribution in [0.15, 0.2) is 35.1 Å². The zero-order valence-corrected chi connectivity index (χ0v) is 16.1. The minimum atomic E-state index is -0.178. The van der Waals surface area contributed by atoms with E-state index in [1.165, 1.54) is 50.5 Å². The summed E-state index contributed by atoms with van der Waals surface area (Å²) in [6, 6.07) is 0. The highest BCUT2D eigenvalue weighted by molar-refractivity contribution is 6.20. The van der Waals surface area contributed by atoms with E-state index in [0.29, 0.717) is 22.8 Å². The lowest BCUT2D eigenvalue weighted by molar-refractivity contribution is -0.117. The Bertz CT molecular complexity index is 692. The number of carbonyl (C=O) groups is 2. The van der Waals surface area contributed by atoms with Gasteiger partial charge in [0.2, 0.25) is 5.78 Å². The van der Waals surface area contributed by atoms with Crippen molar-refractivity contribution in [2.24, 2.45) is 22.7 Å². The Kier molecular flexibility index (Phi) is 4.55. The molecule has 136 valence electrons. The Labute approximate surface area is 151 Å². The number of rotatable bonds is 2. The molecule has 3 atom stereocenters. The molecular weight excluding hydrogens is 312 g/mol. The van der Waals surface area contributed by atoms with Gasteiger partial charge in [-0.3, -0.25) is 9.59 Å². The number of ether oxygens (including phenoxy) is 1. The zero-order valence-electron chi connectivity index (χ0n) is 16.1. The van der Waals surface area contributed by atoms with E-state index in [1.54, 1.807) is 0 Å². The Morgan fingerprint density at radius 3 is 2.52 bits per heavy atom. The molecule has 3 nitrogen and oxygen atoms in total. The predicted octanol–water partition coefficient (Wildman–Crippen LogP) is 4.78. The van der Waals surface area contributed by atoms with Gasteiger partial charge in [-0.1, -0.05) is 45.8 Å². The standard InChI is InChI=1S/C22H30O3/c1-14-7-8-19-21(2,3)9-6-10-22(19,4)17(14)12-15-11-16(23)13-18(25-5)20(15)24/h11-14,19H,6-10H2,1-5H3/b17-12+/t14-,19?,22+/m0/s1. The van der Waals surface area contributed by atoms with Gasteiger partial charge in [-0.2, -0.15) is 0 Å². The van der Waals surface area contributed by atoms with E-state index in [0.717, 1.165) is 6.42 Å². The van der Waals surface area contributed by atoms with Gasteiger partial charge in [0.05, 0.1) is 7.11 Å². The van der Waals surface area contributed by atoms with Crippen molar-refractivity contribution in [3.05, 3.63) is 35.1 Å². The van der Waals surface area contributed by atoms with Gasteiger partial charge in [0.25, 0.3) is 0 Å². The lowest BCUT2D eigenvalue weighted by Crippen LogP contribution is -2.47. The summed E-state index contributed by atoms with van der Waals surface area (Å²) in [5.74, 6) is 0.869. The number of carbonyl (C=O) groups excluding carboxylic acids is 2. The summed E-state index contributed by atoms with van der Waals surface area (Å²) in [7, 11) is 1.44. The second kappa shape index (κ2) is 6.26. The van der Waals surface area contributed by atoms with Crippen LogP contribution >= 0.6 is 0 Å². The Morgan fingerprint density at radius 1 is 1.12 bits per heavy atom. The molecular formula is C22H30O3. The van der Waals surface area contributed by atoms with Crippen LogP contribution in [-0.4, -0.2) is 18.7 Å². The van der Waals surface area contributed by atoms with Crippen LogP contribution in [0.1, 0.15) is 59.8 Å². The molecule has 0 aromatic rings. The van der Waals surface area contributed by atoms with E-state index in [2.05, 4.69) is 27.7 Å². The summed E-state index contributed by atoms with van der Waals surface area (Å²) >= 11 is 0. The van der Waals surface area contributed by atoms with Crippen molar-refractivity contribution in [2.45, 2.75) is 59.8 Å². The minimum absolute atomic E-state index is 0.109. The highest BCUT2D eigenvalue weighted by Crippen LogP contribution is 2.61. The average molecular weight is 342 g/mol. The van der Waals surface area contributed by atoms with Crippen molar-refractivity contribution in [3.8, 4) is 0 Å². The third-order valence-electron chi connectivity index (χ3n) is 6.90.